The molecule has 0 aliphatic heterocycles. The molecule has 7 heteroatoms. The second-order valence-corrected chi connectivity index (χ2v) is 5.84. The number of nitrogens with two attached hydrogens (primary N) is 1. The molecule has 2 N–H and O–H groups in total. The van der Waals surface area contributed by atoms with E-state index >= 15 is 0 Å². The summed E-state index contributed by atoms with van der Waals surface area (Å²) in [5, 5.41) is 14.3. The Balaban J connectivity index is 1.70. The molecule has 0 aliphatic rings. The summed E-state index contributed by atoms with van der Waals surface area (Å²) in [5.41, 5.74) is 7.67. The summed E-state index contributed by atoms with van der Waals surface area (Å²) in [4.78, 5) is 1.07. The van der Waals surface area contributed by atoms with Crippen LogP contribution in [0.5, 0.6) is 0 Å². The lowest BCUT2D eigenvalue weighted by atomic mass is 10.1. The summed E-state index contributed by atoms with van der Waals surface area (Å²) in [6, 6.07) is 5.87. The Morgan fingerprint density at radius 1 is 1.48 bits per heavy atom. The minimum atomic E-state index is -0.0530. The van der Waals surface area contributed by atoms with Gasteiger partial charge in [0.15, 0.2) is 5.76 Å². The maximum atomic E-state index is 6.03. The highest BCUT2D eigenvalue weighted by molar-refractivity contribution is 7.13. The van der Waals surface area contributed by atoms with E-state index in [9.17, 15) is 0 Å². The fraction of sp³-hybridized carbons (Fsp3) is 0.357. The van der Waals surface area contributed by atoms with Crippen molar-refractivity contribution in [1.29, 1.82) is 0 Å². The van der Waals surface area contributed by atoms with Gasteiger partial charge in [0, 0.05) is 6.07 Å². The van der Waals surface area contributed by atoms with E-state index in [0.717, 1.165) is 34.9 Å². The van der Waals surface area contributed by atoms with Gasteiger partial charge in [-0.3, -0.25) is 0 Å². The van der Waals surface area contributed by atoms with E-state index in [1.54, 1.807) is 16.0 Å². The molecule has 1 unspecified atom stereocenters. The molecule has 0 aliphatic carbocycles. The van der Waals surface area contributed by atoms with Crippen molar-refractivity contribution in [3.05, 3.63) is 41.2 Å². The number of hydrogen-bond donors (Lipinski definition) is 1. The van der Waals surface area contributed by atoms with Crippen molar-refractivity contribution in [1.82, 2.24) is 20.2 Å². The number of rotatable bonds is 6. The molecule has 0 saturated carbocycles. The highest BCUT2D eigenvalue weighted by Gasteiger charge is 2.12. The van der Waals surface area contributed by atoms with Crippen LogP contribution in [-0.2, 0) is 6.54 Å². The smallest absolute Gasteiger partial charge is 0.177 e. The SMILES string of the molecule is CCCC(N)c1cn(Cc2cc(-c3cccs3)on2)nn1. The minimum absolute atomic E-state index is 0.0530. The van der Waals surface area contributed by atoms with E-state index in [4.69, 9.17) is 10.3 Å². The topological polar surface area (TPSA) is 82.8 Å². The zero-order valence-electron chi connectivity index (χ0n) is 11.8. The number of nitrogens with zero attached hydrogens (tertiary/aromatic N) is 4. The molecular weight excluding hydrogens is 286 g/mol. The molecule has 6 nitrogen and oxygen atoms in total. The highest BCUT2D eigenvalue weighted by atomic mass is 32.1. The average molecular weight is 303 g/mol. The Kier molecular flexibility index (Phi) is 4.12. The standard InChI is InChI=1S/C14H17N5OS/c1-2-4-11(15)12-9-19(18-16-12)8-10-7-13(20-17-10)14-5-3-6-21-14/h3,5-7,9,11H,2,4,8,15H2,1H3. The Morgan fingerprint density at radius 2 is 2.38 bits per heavy atom. The monoisotopic (exact) mass is 303 g/mol. The molecule has 0 fully saturated rings. The van der Waals surface area contributed by atoms with E-state index in [1.165, 1.54) is 0 Å². The molecule has 3 aromatic rings. The first-order valence-electron chi connectivity index (χ1n) is 6.91. The second-order valence-electron chi connectivity index (χ2n) is 4.90. The summed E-state index contributed by atoms with van der Waals surface area (Å²) >= 11 is 1.62. The third kappa shape index (κ3) is 3.20. The molecule has 0 bridgehead atoms. The highest BCUT2D eigenvalue weighted by Crippen LogP contribution is 2.25. The van der Waals surface area contributed by atoms with Crippen molar-refractivity contribution < 1.29 is 4.52 Å². The van der Waals surface area contributed by atoms with Crippen molar-refractivity contribution in [3.63, 3.8) is 0 Å². The molecule has 0 saturated heterocycles. The van der Waals surface area contributed by atoms with Crippen LogP contribution in [0.25, 0.3) is 10.6 Å². The second kappa shape index (κ2) is 6.19. The van der Waals surface area contributed by atoms with Gasteiger partial charge in [0.25, 0.3) is 0 Å². The predicted octanol–water partition coefficient (Wildman–Crippen LogP) is 2.84. The summed E-state index contributed by atoms with van der Waals surface area (Å²) < 4.78 is 7.09. The molecule has 0 aromatic carbocycles. The molecule has 21 heavy (non-hydrogen) atoms. The van der Waals surface area contributed by atoms with Gasteiger partial charge >= 0.3 is 0 Å². The average Bonchev–Trinajstić information content (AvgIpc) is 3.20. The summed E-state index contributed by atoms with van der Waals surface area (Å²) in [6.45, 7) is 2.63. The maximum absolute atomic E-state index is 6.03. The van der Waals surface area contributed by atoms with Crippen LogP contribution < -0.4 is 5.73 Å². The lowest BCUT2D eigenvalue weighted by Gasteiger charge is -2.04. The van der Waals surface area contributed by atoms with Crippen molar-refractivity contribution in [3.8, 4) is 10.6 Å². The zero-order valence-corrected chi connectivity index (χ0v) is 12.6. The first-order chi connectivity index (χ1) is 10.3. The van der Waals surface area contributed by atoms with Gasteiger partial charge in [-0.15, -0.1) is 16.4 Å². The number of thiophene rings is 1. The van der Waals surface area contributed by atoms with E-state index in [-0.39, 0.29) is 6.04 Å². The minimum Gasteiger partial charge on any atom is -0.355 e. The normalized spacial score (nSPS) is 12.7. The van der Waals surface area contributed by atoms with Crippen LogP contribution in [0.2, 0.25) is 0 Å². The molecule has 3 aromatic heterocycles. The van der Waals surface area contributed by atoms with Crippen LogP contribution in [0, 0.1) is 0 Å². The van der Waals surface area contributed by atoms with Crippen molar-refractivity contribution in [2.75, 3.05) is 0 Å². The number of hydrogen-bond acceptors (Lipinski definition) is 6. The van der Waals surface area contributed by atoms with Gasteiger partial charge in [0.2, 0.25) is 0 Å². The largest absolute Gasteiger partial charge is 0.355 e. The Hall–Kier alpha value is -1.99. The lowest BCUT2D eigenvalue weighted by molar-refractivity contribution is 0.419. The molecule has 0 radical (unpaired) electrons. The molecular formula is C14H17N5OS. The van der Waals surface area contributed by atoms with Crippen LogP contribution in [0.3, 0.4) is 0 Å². The first-order valence-corrected chi connectivity index (χ1v) is 7.79. The number of aromatic nitrogens is 4. The van der Waals surface area contributed by atoms with Gasteiger partial charge in [0.1, 0.15) is 5.69 Å². The van der Waals surface area contributed by atoms with Crippen molar-refractivity contribution >= 4 is 11.3 Å². The quantitative estimate of drug-likeness (QED) is 0.757. The van der Waals surface area contributed by atoms with Gasteiger partial charge in [-0.1, -0.05) is 29.8 Å². The van der Waals surface area contributed by atoms with Crippen LogP contribution in [0.1, 0.15) is 37.2 Å². The first kappa shape index (κ1) is 14.0. The fourth-order valence-corrected chi connectivity index (χ4v) is 2.78. The third-order valence-corrected chi connectivity index (χ3v) is 4.07. The van der Waals surface area contributed by atoms with Crippen molar-refractivity contribution in [2.45, 2.75) is 32.4 Å². The summed E-state index contributed by atoms with van der Waals surface area (Å²) in [7, 11) is 0. The Morgan fingerprint density at radius 3 is 3.14 bits per heavy atom. The van der Waals surface area contributed by atoms with Gasteiger partial charge in [-0.25, -0.2) is 4.68 Å². The summed E-state index contributed by atoms with van der Waals surface area (Å²) in [6.07, 6.45) is 3.81. The summed E-state index contributed by atoms with van der Waals surface area (Å²) in [5.74, 6) is 0.781. The Bertz CT molecular complexity index is 688. The van der Waals surface area contributed by atoms with E-state index in [0.29, 0.717) is 6.54 Å². The molecule has 0 spiro atoms. The Labute approximate surface area is 126 Å². The lowest BCUT2D eigenvalue weighted by Crippen LogP contribution is -2.10. The van der Waals surface area contributed by atoms with E-state index < -0.39 is 0 Å². The van der Waals surface area contributed by atoms with Crippen LogP contribution in [-0.4, -0.2) is 20.2 Å². The molecule has 3 heterocycles. The molecule has 110 valence electrons. The third-order valence-electron chi connectivity index (χ3n) is 3.18. The van der Waals surface area contributed by atoms with Crippen LogP contribution in [0.4, 0.5) is 0 Å². The molecule has 0 amide bonds. The van der Waals surface area contributed by atoms with E-state index in [1.807, 2.05) is 29.8 Å². The zero-order chi connectivity index (χ0) is 14.7. The fourth-order valence-electron chi connectivity index (χ4n) is 2.11. The van der Waals surface area contributed by atoms with Gasteiger partial charge in [0.05, 0.1) is 29.4 Å². The molecule has 1 atom stereocenters. The maximum Gasteiger partial charge on any atom is 0.177 e. The van der Waals surface area contributed by atoms with Crippen LogP contribution >= 0.6 is 11.3 Å². The van der Waals surface area contributed by atoms with Gasteiger partial charge < -0.3 is 10.3 Å². The van der Waals surface area contributed by atoms with Crippen molar-refractivity contribution in [2.24, 2.45) is 5.73 Å². The van der Waals surface area contributed by atoms with E-state index in [2.05, 4.69) is 22.4 Å². The predicted molar refractivity (Wildman–Crippen MR) is 80.8 cm³/mol. The van der Waals surface area contributed by atoms with Gasteiger partial charge in [-0.2, -0.15) is 0 Å². The van der Waals surface area contributed by atoms with Crippen LogP contribution in [0.15, 0.2) is 34.3 Å². The van der Waals surface area contributed by atoms with Gasteiger partial charge in [-0.05, 0) is 17.9 Å². The molecule has 3 rings (SSSR count).